The summed E-state index contributed by atoms with van der Waals surface area (Å²) in [5.41, 5.74) is 15.0. The van der Waals surface area contributed by atoms with Gasteiger partial charge in [0, 0.05) is 6.42 Å². The molecule has 0 aromatic rings. The number of rotatable bonds is 30. The van der Waals surface area contributed by atoms with Gasteiger partial charge in [0.2, 0.25) is 0 Å². The minimum absolute atomic E-state index is 0.276. The van der Waals surface area contributed by atoms with E-state index in [1.807, 2.05) is 0 Å². The SMILES string of the molecule is CC(=O)CC/C=C(/C)CC/C=C(/C)CC/C=C(/C)CC/C=C(/C)CC/C=C(/C)CC/C=C(/C)CC/C=C(/C)CC/C=C(/C)CC/C=C(/C)CCC=C(C)C. The van der Waals surface area contributed by atoms with Crippen LogP contribution in [0.3, 0.4) is 0 Å². The van der Waals surface area contributed by atoms with E-state index in [1.165, 1.54) is 107 Å². The van der Waals surface area contributed by atoms with Gasteiger partial charge in [0.05, 0.1) is 0 Å². The number of allylic oxidation sites excluding steroid dienone is 20. The van der Waals surface area contributed by atoms with Gasteiger partial charge in [-0.05, 0) is 205 Å². The van der Waals surface area contributed by atoms with Crippen LogP contribution in [0.5, 0.6) is 0 Å². The average Bonchev–Trinajstić information content (AvgIpc) is 3.08. The molecular weight excluding hydrogens is 653 g/mol. The van der Waals surface area contributed by atoms with E-state index >= 15 is 0 Å². The fourth-order valence-corrected chi connectivity index (χ4v) is 6.40. The van der Waals surface area contributed by atoms with Gasteiger partial charge in [-0.3, -0.25) is 0 Å². The summed E-state index contributed by atoms with van der Waals surface area (Å²) in [4.78, 5) is 11.1. The van der Waals surface area contributed by atoms with Gasteiger partial charge in [-0.2, -0.15) is 0 Å². The Morgan fingerprint density at radius 3 is 0.537 bits per heavy atom. The number of ketones is 1. The molecule has 0 aliphatic carbocycles. The first-order valence-corrected chi connectivity index (χ1v) is 21.7. The van der Waals surface area contributed by atoms with Crippen molar-refractivity contribution in [2.45, 2.75) is 212 Å². The molecular formula is C53H86O. The first-order chi connectivity index (χ1) is 25.7. The molecule has 1 nitrogen and oxygen atoms in total. The van der Waals surface area contributed by atoms with Crippen LogP contribution < -0.4 is 0 Å². The topological polar surface area (TPSA) is 17.1 Å². The second kappa shape index (κ2) is 33.4. The quantitative estimate of drug-likeness (QED) is 0.0671. The van der Waals surface area contributed by atoms with Gasteiger partial charge >= 0.3 is 0 Å². The fraction of sp³-hybridized carbons (Fsp3) is 0.604. The highest BCUT2D eigenvalue weighted by molar-refractivity contribution is 5.75. The van der Waals surface area contributed by atoms with Crippen molar-refractivity contribution < 1.29 is 4.79 Å². The number of hydrogen-bond acceptors (Lipinski definition) is 1. The van der Waals surface area contributed by atoms with Crippen LogP contribution in [0.15, 0.2) is 116 Å². The van der Waals surface area contributed by atoms with Crippen LogP contribution in [0, 0.1) is 0 Å². The van der Waals surface area contributed by atoms with Crippen LogP contribution in [0.4, 0.5) is 0 Å². The predicted molar refractivity (Wildman–Crippen MR) is 246 cm³/mol. The van der Waals surface area contributed by atoms with E-state index in [-0.39, 0.29) is 5.78 Å². The molecule has 1 heteroatoms. The van der Waals surface area contributed by atoms with E-state index in [2.05, 4.69) is 137 Å². The standard InChI is InChI=1S/C53H86O/c1-43(2)23-13-24-44(3)25-14-26-45(4)27-15-28-46(5)29-16-30-47(6)31-17-32-48(7)33-18-34-49(8)35-19-36-50(9)37-20-38-51(10)39-21-40-52(11)41-22-42-53(12)54/h23,25,27,29,31,33,35,37,39,41H,13-22,24,26,28,30,32,34,36,38,40,42H2,1-12H3/b44-25-,45-27-,46-29-,47-31-,48-33-,49-35-,50-37-,51-39-,52-41-. The van der Waals surface area contributed by atoms with E-state index in [9.17, 15) is 4.79 Å². The molecule has 0 heterocycles. The highest BCUT2D eigenvalue weighted by Gasteiger charge is 1.98. The van der Waals surface area contributed by atoms with Gasteiger partial charge in [0.1, 0.15) is 5.78 Å². The molecule has 0 aromatic heterocycles. The van der Waals surface area contributed by atoms with Gasteiger partial charge in [-0.25, -0.2) is 0 Å². The van der Waals surface area contributed by atoms with Crippen LogP contribution in [0.25, 0.3) is 0 Å². The van der Waals surface area contributed by atoms with E-state index < -0.39 is 0 Å². The van der Waals surface area contributed by atoms with Gasteiger partial charge < -0.3 is 4.79 Å². The van der Waals surface area contributed by atoms with Gasteiger partial charge in [0.15, 0.2) is 0 Å². The number of Topliss-reactive ketones (excluding diaryl/α,β-unsaturated/α-hetero) is 1. The maximum Gasteiger partial charge on any atom is 0.130 e. The van der Waals surface area contributed by atoms with E-state index in [4.69, 9.17) is 0 Å². The first-order valence-electron chi connectivity index (χ1n) is 21.7. The smallest absolute Gasteiger partial charge is 0.130 e. The van der Waals surface area contributed by atoms with Crippen molar-refractivity contribution in [3.8, 4) is 0 Å². The molecule has 304 valence electrons. The molecule has 0 aliphatic heterocycles. The Morgan fingerprint density at radius 2 is 0.389 bits per heavy atom. The third-order valence-corrected chi connectivity index (χ3v) is 10.3. The molecule has 0 spiro atoms. The van der Waals surface area contributed by atoms with Crippen LogP contribution in [0.2, 0.25) is 0 Å². The summed E-state index contributed by atoms with van der Waals surface area (Å²) in [6, 6.07) is 0. The number of carbonyl (C=O) groups excluding carboxylic acids is 1. The zero-order valence-corrected chi connectivity index (χ0v) is 37.8. The lowest BCUT2D eigenvalue weighted by atomic mass is 10.0. The highest BCUT2D eigenvalue weighted by atomic mass is 16.1. The van der Waals surface area contributed by atoms with Crippen LogP contribution in [0.1, 0.15) is 212 Å². The molecule has 54 heavy (non-hydrogen) atoms. The minimum atomic E-state index is 0.276. The summed E-state index contributed by atoms with van der Waals surface area (Å²) in [7, 11) is 0. The van der Waals surface area contributed by atoms with Crippen molar-refractivity contribution in [1.82, 2.24) is 0 Å². The molecule has 0 aromatic carbocycles. The normalized spacial score (nSPS) is 14.6. The summed E-state index contributed by atoms with van der Waals surface area (Å²) >= 11 is 0. The van der Waals surface area contributed by atoms with Gasteiger partial charge in [0.25, 0.3) is 0 Å². The van der Waals surface area contributed by atoms with Crippen LogP contribution in [-0.4, -0.2) is 5.78 Å². The van der Waals surface area contributed by atoms with Crippen molar-refractivity contribution >= 4 is 5.78 Å². The molecule has 0 aliphatic rings. The Labute approximate surface area is 337 Å². The van der Waals surface area contributed by atoms with Crippen LogP contribution >= 0.6 is 0 Å². The molecule has 0 unspecified atom stereocenters. The molecule has 0 rings (SSSR count). The fourth-order valence-electron chi connectivity index (χ4n) is 6.40. The average molecular weight is 739 g/mol. The minimum Gasteiger partial charge on any atom is -0.300 e. The lowest BCUT2D eigenvalue weighted by Crippen LogP contribution is -1.87. The Balaban J connectivity index is 4.25. The molecule has 0 saturated carbocycles. The van der Waals surface area contributed by atoms with E-state index in [0.29, 0.717) is 6.42 Å². The summed E-state index contributed by atoms with van der Waals surface area (Å²) in [5.74, 6) is 0.276. The molecule has 0 fully saturated rings. The highest BCUT2D eigenvalue weighted by Crippen LogP contribution is 2.18. The molecule has 0 N–H and O–H groups in total. The van der Waals surface area contributed by atoms with Crippen molar-refractivity contribution in [2.75, 3.05) is 0 Å². The molecule has 0 atom stereocenters. The summed E-state index contributed by atoms with van der Waals surface area (Å²) in [6.45, 7) is 26.5. The van der Waals surface area contributed by atoms with Crippen LogP contribution in [-0.2, 0) is 4.79 Å². The van der Waals surface area contributed by atoms with E-state index in [0.717, 1.165) is 70.6 Å². The zero-order valence-electron chi connectivity index (χ0n) is 37.8. The lowest BCUT2D eigenvalue weighted by molar-refractivity contribution is -0.116. The third kappa shape index (κ3) is 34.8. The Morgan fingerprint density at radius 1 is 0.241 bits per heavy atom. The number of hydrogen-bond donors (Lipinski definition) is 0. The summed E-state index contributed by atoms with van der Waals surface area (Å²) < 4.78 is 0. The monoisotopic (exact) mass is 739 g/mol. The maximum atomic E-state index is 11.1. The van der Waals surface area contributed by atoms with Crippen molar-refractivity contribution in [2.24, 2.45) is 0 Å². The molecule has 0 radical (unpaired) electrons. The second-order valence-electron chi connectivity index (χ2n) is 16.8. The largest absolute Gasteiger partial charge is 0.300 e. The van der Waals surface area contributed by atoms with Gasteiger partial charge in [-0.1, -0.05) is 116 Å². The Kier molecular flexibility index (Phi) is 31.6. The van der Waals surface area contributed by atoms with Gasteiger partial charge in [-0.15, -0.1) is 0 Å². The molecule has 0 amide bonds. The van der Waals surface area contributed by atoms with Crippen molar-refractivity contribution in [1.29, 1.82) is 0 Å². The zero-order chi connectivity index (χ0) is 40.6. The van der Waals surface area contributed by atoms with Crippen molar-refractivity contribution in [3.63, 3.8) is 0 Å². The van der Waals surface area contributed by atoms with E-state index in [1.54, 1.807) is 6.92 Å². The molecule has 0 saturated heterocycles. The summed E-state index contributed by atoms with van der Waals surface area (Å²) in [6.07, 6.45) is 46.5. The lowest BCUT2D eigenvalue weighted by Gasteiger charge is -2.04. The summed E-state index contributed by atoms with van der Waals surface area (Å²) in [5, 5.41) is 0. The number of carbonyl (C=O) groups is 1. The van der Waals surface area contributed by atoms with Crippen molar-refractivity contribution in [3.05, 3.63) is 116 Å². The first kappa shape index (κ1) is 51.1. The second-order valence-corrected chi connectivity index (χ2v) is 16.8. The maximum absolute atomic E-state index is 11.1. The Bertz CT molecular complexity index is 1370. The predicted octanol–water partition coefficient (Wildman–Crippen LogP) is 17.9. The third-order valence-electron chi connectivity index (χ3n) is 10.3. The molecule has 0 bridgehead atoms. The Hall–Kier alpha value is -2.93.